The number of piperidine rings is 1. The van der Waals surface area contributed by atoms with Crippen molar-refractivity contribution in [3.8, 4) is 5.75 Å². The minimum Gasteiger partial charge on any atom is -0.410 e. The second-order valence-electron chi connectivity index (χ2n) is 9.32. The van der Waals surface area contributed by atoms with Crippen LogP contribution in [0.15, 0.2) is 30.3 Å². The lowest BCUT2D eigenvalue weighted by Crippen LogP contribution is -2.51. The number of thiophene rings is 1. The first-order valence-corrected chi connectivity index (χ1v) is 12.6. The highest BCUT2D eigenvalue weighted by Crippen LogP contribution is 2.45. The molecule has 7 heteroatoms. The van der Waals surface area contributed by atoms with Gasteiger partial charge < -0.3 is 19.7 Å². The Morgan fingerprint density at radius 1 is 1.28 bits per heavy atom. The summed E-state index contributed by atoms with van der Waals surface area (Å²) in [7, 11) is 0. The van der Waals surface area contributed by atoms with Gasteiger partial charge in [0.15, 0.2) is 0 Å². The fourth-order valence-corrected chi connectivity index (χ4v) is 6.51. The van der Waals surface area contributed by atoms with Gasteiger partial charge in [-0.15, -0.1) is 11.3 Å². The van der Waals surface area contributed by atoms with Crippen LogP contribution in [0.3, 0.4) is 0 Å². The number of ether oxygens (including phenoxy) is 2. The van der Waals surface area contributed by atoms with Gasteiger partial charge in [-0.3, -0.25) is 0 Å². The summed E-state index contributed by atoms with van der Waals surface area (Å²) in [5, 5.41) is 2.92. The highest BCUT2D eigenvalue weighted by molar-refractivity contribution is 7.12. The van der Waals surface area contributed by atoms with E-state index in [1.165, 1.54) is 34.7 Å². The van der Waals surface area contributed by atoms with Crippen molar-refractivity contribution in [2.24, 2.45) is 5.92 Å². The van der Waals surface area contributed by atoms with E-state index in [9.17, 15) is 9.18 Å². The van der Waals surface area contributed by atoms with Gasteiger partial charge in [-0.2, -0.15) is 0 Å². The summed E-state index contributed by atoms with van der Waals surface area (Å²) < 4.78 is 24.6. The predicted octanol–water partition coefficient (Wildman–Crippen LogP) is 4.88. The van der Waals surface area contributed by atoms with E-state index in [-0.39, 0.29) is 17.5 Å². The van der Waals surface area contributed by atoms with Crippen LogP contribution in [-0.4, -0.2) is 43.3 Å². The molecule has 0 unspecified atom stereocenters. The van der Waals surface area contributed by atoms with Crippen molar-refractivity contribution in [1.82, 2.24) is 10.2 Å². The van der Waals surface area contributed by atoms with E-state index < -0.39 is 6.09 Å². The number of likely N-dealkylation sites (tertiary alicyclic amines) is 1. The quantitative estimate of drug-likeness (QED) is 0.694. The van der Waals surface area contributed by atoms with Crippen LogP contribution >= 0.6 is 11.3 Å². The molecule has 1 aromatic carbocycles. The minimum absolute atomic E-state index is 0.0676. The van der Waals surface area contributed by atoms with E-state index >= 15 is 0 Å². The molecule has 1 amide bonds. The van der Waals surface area contributed by atoms with Gasteiger partial charge in [-0.05, 0) is 73.9 Å². The maximum absolute atomic E-state index is 13.0. The zero-order valence-electron chi connectivity index (χ0n) is 18.6. The Bertz CT molecular complexity index is 947. The number of carbonyl (C=O) groups is 1. The number of nitrogens with zero attached hydrogens (tertiary/aromatic N) is 1. The molecule has 1 spiro atoms. The molecule has 2 aromatic rings. The molecule has 3 heterocycles. The number of hydrogen-bond donors (Lipinski definition) is 1. The highest BCUT2D eigenvalue weighted by Gasteiger charge is 2.42. The van der Waals surface area contributed by atoms with Gasteiger partial charge in [0.1, 0.15) is 11.6 Å². The van der Waals surface area contributed by atoms with Crippen LogP contribution in [-0.2, 0) is 23.2 Å². The van der Waals surface area contributed by atoms with Crippen molar-refractivity contribution >= 4 is 17.4 Å². The van der Waals surface area contributed by atoms with Gasteiger partial charge in [0.2, 0.25) is 0 Å². The number of halogens is 1. The maximum Gasteiger partial charge on any atom is 0.412 e. The van der Waals surface area contributed by atoms with E-state index in [1.54, 1.807) is 4.88 Å². The van der Waals surface area contributed by atoms with Gasteiger partial charge in [-0.25, -0.2) is 9.18 Å². The number of rotatable bonds is 5. The average molecular weight is 459 g/mol. The molecule has 0 bridgehead atoms. The Balaban J connectivity index is 1.06. The summed E-state index contributed by atoms with van der Waals surface area (Å²) in [6, 6.07) is 8.05. The molecule has 2 aliphatic heterocycles. The highest BCUT2D eigenvalue weighted by atomic mass is 32.1. The molecule has 172 valence electrons. The van der Waals surface area contributed by atoms with Crippen molar-refractivity contribution in [3.63, 3.8) is 0 Å². The molecule has 1 N–H and O–H groups in total. The summed E-state index contributed by atoms with van der Waals surface area (Å²) in [4.78, 5) is 17.6. The Hall–Kier alpha value is -1.96. The van der Waals surface area contributed by atoms with E-state index in [2.05, 4.69) is 23.2 Å². The SMILES string of the molecule is CCc1cc2c(s1)CCOC21CCN(CC2CC(NC(=O)Oc3ccc(F)cc3)C2)CC1. The monoisotopic (exact) mass is 458 g/mol. The number of nitrogens with one attached hydrogen (secondary N) is 1. The van der Waals surface area contributed by atoms with Crippen molar-refractivity contribution in [3.05, 3.63) is 51.5 Å². The van der Waals surface area contributed by atoms with Crippen molar-refractivity contribution in [2.75, 3.05) is 26.2 Å². The Morgan fingerprint density at radius 2 is 2.03 bits per heavy atom. The third-order valence-electron chi connectivity index (χ3n) is 7.17. The second-order valence-corrected chi connectivity index (χ2v) is 10.5. The zero-order valence-corrected chi connectivity index (χ0v) is 19.4. The average Bonchev–Trinajstić information content (AvgIpc) is 3.20. The van der Waals surface area contributed by atoms with E-state index in [0.29, 0.717) is 11.7 Å². The van der Waals surface area contributed by atoms with Gasteiger partial charge in [0.05, 0.1) is 12.2 Å². The van der Waals surface area contributed by atoms with Crippen LogP contribution in [0.5, 0.6) is 5.75 Å². The number of hydrogen-bond acceptors (Lipinski definition) is 5. The van der Waals surface area contributed by atoms with Gasteiger partial charge in [0.25, 0.3) is 0 Å². The molecule has 32 heavy (non-hydrogen) atoms. The lowest BCUT2D eigenvalue weighted by molar-refractivity contribution is -0.0995. The Morgan fingerprint density at radius 3 is 2.75 bits per heavy atom. The molecule has 0 radical (unpaired) electrons. The summed E-state index contributed by atoms with van der Waals surface area (Å²) in [5.41, 5.74) is 1.40. The molecule has 2 fully saturated rings. The second kappa shape index (κ2) is 9.12. The van der Waals surface area contributed by atoms with Crippen LogP contribution in [0.4, 0.5) is 9.18 Å². The lowest BCUT2D eigenvalue weighted by Gasteiger charge is -2.46. The fourth-order valence-electron chi connectivity index (χ4n) is 5.33. The third kappa shape index (κ3) is 4.56. The molecule has 5 rings (SSSR count). The Labute approximate surface area is 192 Å². The van der Waals surface area contributed by atoms with Crippen LogP contribution in [0.1, 0.15) is 47.9 Å². The molecule has 1 saturated heterocycles. The summed E-state index contributed by atoms with van der Waals surface area (Å²) in [6.45, 7) is 6.30. The van der Waals surface area contributed by atoms with Gasteiger partial charge in [-0.1, -0.05) is 6.92 Å². The molecule has 1 aliphatic carbocycles. The van der Waals surface area contributed by atoms with E-state index in [0.717, 1.165) is 64.8 Å². The predicted molar refractivity (Wildman–Crippen MR) is 123 cm³/mol. The van der Waals surface area contributed by atoms with E-state index in [1.807, 2.05) is 11.3 Å². The summed E-state index contributed by atoms with van der Waals surface area (Å²) in [6.07, 6.45) is 5.79. The van der Waals surface area contributed by atoms with Gasteiger partial charge in [0, 0.05) is 41.9 Å². The number of carbonyl (C=O) groups excluding carboxylic acids is 1. The van der Waals surface area contributed by atoms with Crippen LogP contribution in [0.2, 0.25) is 0 Å². The van der Waals surface area contributed by atoms with Crippen molar-refractivity contribution < 1.29 is 18.7 Å². The van der Waals surface area contributed by atoms with Crippen LogP contribution in [0, 0.1) is 11.7 Å². The first-order chi connectivity index (χ1) is 15.5. The lowest BCUT2D eigenvalue weighted by atomic mass is 9.78. The standard InChI is InChI=1S/C25H31FN2O3S/c1-2-21-15-22-23(32-21)7-12-30-25(22)8-10-28(11-9-25)16-17-13-19(14-17)27-24(29)31-20-5-3-18(26)4-6-20/h3-6,15,17,19H,2,7-14,16H2,1H3,(H,27,29). The summed E-state index contributed by atoms with van der Waals surface area (Å²) >= 11 is 1.98. The molecule has 1 aromatic heterocycles. The first-order valence-electron chi connectivity index (χ1n) is 11.8. The topological polar surface area (TPSA) is 50.8 Å². The molecule has 3 aliphatic rings. The van der Waals surface area contributed by atoms with Crippen molar-refractivity contribution in [1.29, 1.82) is 0 Å². The third-order valence-corrected chi connectivity index (χ3v) is 8.51. The molecule has 1 saturated carbocycles. The molecule has 0 atom stereocenters. The largest absolute Gasteiger partial charge is 0.412 e. The maximum atomic E-state index is 13.0. The normalized spacial score (nSPS) is 24.6. The zero-order chi connectivity index (χ0) is 22.1. The number of fused-ring (bicyclic) bond motifs is 2. The fraction of sp³-hybridized carbons (Fsp3) is 0.560. The van der Waals surface area contributed by atoms with Gasteiger partial charge >= 0.3 is 6.09 Å². The van der Waals surface area contributed by atoms with Crippen LogP contribution in [0.25, 0.3) is 0 Å². The smallest absolute Gasteiger partial charge is 0.410 e. The summed E-state index contributed by atoms with van der Waals surface area (Å²) in [5.74, 6) is 0.613. The molecule has 5 nitrogen and oxygen atoms in total. The van der Waals surface area contributed by atoms with Crippen LogP contribution < -0.4 is 10.1 Å². The number of benzene rings is 1. The Kier molecular flexibility index (Phi) is 6.23. The van der Waals surface area contributed by atoms with E-state index in [4.69, 9.17) is 9.47 Å². The first kappa shape index (κ1) is 21.9. The molecular formula is C25H31FN2O3S. The number of amides is 1. The number of aryl methyl sites for hydroxylation is 1. The minimum atomic E-state index is -0.465. The molecular weight excluding hydrogens is 427 g/mol. The van der Waals surface area contributed by atoms with Crippen molar-refractivity contribution in [2.45, 2.75) is 57.1 Å².